The van der Waals surface area contributed by atoms with Crippen LogP contribution in [-0.4, -0.2) is 42.9 Å². The maximum absolute atomic E-state index is 11.1. The Hall–Kier alpha value is -3.69. The van der Waals surface area contributed by atoms with E-state index in [9.17, 15) is 18.0 Å². The molecule has 0 aliphatic rings. The van der Waals surface area contributed by atoms with E-state index in [1.54, 1.807) is 22.9 Å². The van der Waals surface area contributed by atoms with Crippen molar-refractivity contribution in [2.45, 2.75) is 6.18 Å². The molecule has 0 unspecified atom stereocenters. The van der Waals surface area contributed by atoms with Crippen LogP contribution in [0.5, 0.6) is 0 Å². The molecule has 0 spiro atoms. The number of hydrogen-bond acceptors (Lipinski definition) is 4. The Morgan fingerprint density at radius 2 is 1.56 bits per heavy atom. The zero-order valence-electron chi connectivity index (χ0n) is 13.5. The highest BCUT2D eigenvalue weighted by Gasteiger charge is 2.38. The predicted octanol–water partition coefficient (Wildman–Crippen LogP) is 3.27. The Bertz CT molecular complexity index is 869. The lowest BCUT2D eigenvalue weighted by Crippen LogP contribution is -2.21. The monoisotopic (exact) mass is 379 g/mol. The molecule has 0 atom stereocenters. The van der Waals surface area contributed by atoms with Crippen LogP contribution < -0.4 is 0 Å². The van der Waals surface area contributed by atoms with Gasteiger partial charge < -0.3 is 10.2 Å². The first kappa shape index (κ1) is 19.6. The topological polar surface area (TPSA) is 105 Å². The van der Waals surface area contributed by atoms with Crippen LogP contribution >= 0.6 is 0 Å². The zero-order chi connectivity index (χ0) is 20.0. The van der Waals surface area contributed by atoms with Gasteiger partial charge in [-0.1, -0.05) is 36.4 Å². The molecule has 7 nitrogen and oxygen atoms in total. The Morgan fingerprint density at radius 3 is 2.04 bits per heavy atom. The standard InChI is InChI=1S/C15H11N3O2.C2HF3O2/c19-15(20)12-10-18(13-8-4-5-9-16-13)14(17-12)11-6-2-1-3-7-11;3-2(4,5)1(6)7/h1-10H,(H,19,20);(H,6,7). The fourth-order valence-corrected chi connectivity index (χ4v) is 1.95. The summed E-state index contributed by atoms with van der Waals surface area (Å²) < 4.78 is 33.4. The average Bonchev–Trinajstić information content (AvgIpc) is 3.09. The van der Waals surface area contributed by atoms with Gasteiger partial charge in [-0.15, -0.1) is 0 Å². The van der Waals surface area contributed by atoms with Crippen molar-refractivity contribution in [1.29, 1.82) is 0 Å². The second-order valence-electron chi connectivity index (χ2n) is 4.98. The number of hydrogen-bond donors (Lipinski definition) is 2. The summed E-state index contributed by atoms with van der Waals surface area (Å²) in [6.07, 6.45) is -1.95. The summed E-state index contributed by atoms with van der Waals surface area (Å²) in [4.78, 5) is 28.4. The van der Waals surface area contributed by atoms with Gasteiger partial charge in [0.1, 0.15) is 11.6 Å². The summed E-state index contributed by atoms with van der Waals surface area (Å²) in [6.45, 7) is 0. The van der Waals surface area contributed by atoms with Crippen molar-refractivity contribution in [3.05, 3.63) is 66.6 Å². The van der Waals surface area contributed by atoms with Crippen LogP contribution in [0.3, 0.4) is 0 Å². The molecule has 2 N–H and O–H groups in total. The summed E-state index contributed by atoms with van der Waals surface area (Å²) in [7, 11) is 0. The van der Waals surface area contributed by atoms with Crippen LogP contribution in [0.4, 0.5) is 13.2 Å². The largest absolute Gasteiger partial charge is 0.490 e. The number of imidazole rings is 1. The Labute approximate surface area is 150 Å². The second kappa shape index (κ2) is 8.13. The molecule has 3 rings (SSSR count). The molecule has 0 amide bonds. The normalized spacial score (nSPS) is 10.6. The first-order chi connectivity index (χ1) is 12.7. The number of rotatable bonds is 3. The fourth-order valence-electron chi connectivity index (χ4n) is 1.95. The van der Waals surface area contributed by atoms with Gasteiger partial charge in [-0.2, -0.15) is 13.2 Å². The molecule has 2 heterocycles. The molecule has 3 aromatic rings. The molecule has 0 saturated carbocycles. The summed E-state index contributed by atoms with van der Waals surface area (Å²) in [6, 6.07) is 14.9. The average molecular weight is 379 g/mol. The van der Waals surface area contributed by atoms with Gasteiger partial charge >= 0.3 is 18.1 Å². The third kappa shape index (κ3) is 5.14. The SMILES string of the molecule is O=C(O)C(F)(F)F.O=C(O)c1cn(-c2ccccn2)c(-c2ccccc2)n1. The molecule has 27 heavy (non-hydrogen) atoms. The Balaban J connectivity index is 0.000000321. The smallest absolute Gasteiger partial charge is 0.476 e. The number of carbonyl (C=O) groups is 2. The fraction of sp³-hybridized carbons (Fsp3) is 0.0588. The molecule has 1 aromatic carbocycles. The number of alkyl halides is 3. The highest BCUT2D eigenvalue weighted by molar-refractivity contribution is 5.86. The summed E-state index contributed by atoms with van der Waals surface area (Å²) in [5.74, 6) is -2.63. The summed E-state index contributed by atoms with van der Waals surface area (Å²) in [5, 5.41) is 16.2. The van der Waals surface area contributed by atoms with E-state index >= 15 is 0 Å². The van der Waals surface area contributed by atoms with Crippen molar-refractivity contribution in [3.63, 3.8) is 0 Å². The molecular weight excluding hydrogens is 367 g/mol. The third-order valence-electron chi connectivity index (χ3n) is 3.10. The van der Waals surface area contributed by atoms with E-state index in [1.807, 2.05) is 36.4 Å². The van der Waals surface area contributed by atoms with Crippen molar-refractivity contribution in [2.75, 3.05) is 0 Å². The second-order valence-corrected chi connectivity index (χ2v) is 4.98. The number of pyridine rings is 1. The van der Waals surface area contributed by atoms with Gasteiger partial charge in [0.15, 0.2) is 5.69 Å². The van der Waals surface area contributed by atoms with Gasteiger partial charge in [-0.3, -0.25) is 4.57 Å². The first-order valence-corrected chi connectivity index (χ1v) is 7.29. The number of aromatic nitrogens is 3. The van der Waals surface area contributed by atoms with Gasteiger partial charge in [0.2, 0.25) is 0 Å². The lowest BCUT2D eigenvalue weighted by Gasteiger charge is -2.06. The van der Waals surface area contributed by atoms with Crippen LogP contribution in [-0.2, 0) is 4.79 Å². The van der Waals surface area contributed by atoms with Gasteiger partial charge in [-0.05, 0) is 12.1 Å². The van der Waals surface area contributed by atoms with Crippen molar-refractivity contribution in [3.8, 4) is 17.2 Å². The van der Waals surface area contributed by atoms with E-state index < -0.39 is 18.1 Å². The summed E-state index contributed by atoms with van der Waals surface area (Å²) in [5.41, 5.74) is 0.833. The van der Waals surface area contributed by atoms with Crippen LogP contribution in [0, 0.1) is 0 Å². The van der Waals surface area contributed by atoms with Crippen LogP contribution in [0.25, 0.3) is 17.2 Å². The Kier molecular flexibility index (Phi) is 5.91. The molecule has 0 fully saturated rings. The number of halogens is 3. The Morgan fingerprint density at radius 1 is 0.963 bits per heavy atom. The van der Waals surface area contributed by atoms with Crippen LogP contribution in [0.1, 0.15) is 10.5 Å². The van der Waals surface area contributed by atoms with Crippen molar-refractivity contribution in [1.82, 2.24) is 14.5 Å². The van der Waals surface area contributed by atoms with E-state index in [0.717, 1.165) is 5.56 Å². The lowest BCUT2D eigenvalue weighted by atomic mass is 10.2. The van der Waals surface area contributed by atoms with Crippen molar-refractivity contribution < 1.29 is 33.0 Å². The number of benzene rings is 1. The molecule has 140 valence electrons. The third-order valence-corrected chi connectivity index (χ3v) is 3.10. The maximum Gasteiger partial charge on any atom is 0.490 e. The number of nitrogens with zero attached hydrogens (tertiary/aromatic N) is 3. The van der Waals surface area contributed by atoms with Gasteiger partial charge in [0.05, 0.1) is 0 Å². The van der Waals surface area contributed by atoms with Crippen molar-refractivity contribution in [2.24, 2.45) is 0 Å². The maximum atomic E-state index is 11.1. The van der Waals surface area contributed by atoms with E-state index in [4.69, 9.17) is 15.0 Å². The number of carboxylic acids is 2. The minimum atomic E-state index is -5.08. The minimum absolute atomic E-state index is 0.00509. The van der Waals surface area contributed by atoms with Crippen molar-refractivity contribution >= 4 is 11.9 Å². The molecule has 0 aliphatic carbocycles. The minimum Gasteiger partial charge on any atom is -0.476 e. The molecule has 0 radical (unpaired) electrons. The zero-order valence-corrected chi connectivity index (χ0v) is 13.5. The van der Waals surface area contributed by atoms with Crippen LogP contribution in [0.2, 0.25) is 0 Å². The van der Waals surface area contributed by atoms with Crippen LogP contribution in [0.15, 0.2) is 60.9 Å². The lowest BCUT2D eigenvalue weighted by molar-refractivity contribution is -0.192. The van der Waals surface area contributed by atoms with E-state index in [-0.39, 0.29) is 5.69 Å². The molecule has 0 aliphatic heterocycles. The highest BCUT2D eigenvalue weighted by Crippen LogP contribution is 2.21. The molecule has 2 aromatic heterocycles. The van der Waals surface area contributed by atoms with Gasteiger partial charge in [0.25, 0.3) is 0 Å². The predicted molar refractivity (Wildman–Crippen MR) is 87.4 cm³/mol. The quantitative estimate of drug-likeness (QED) is 0.724. The molecule has 0 bridgehead atoms. The van der Waals surface area contributed by atoms with Gasteiger partial charge in [-0.25, -0.2) is 19.6 Å². The highest BCUT2D eigenvalue weighted by atomic mass is 19.4. The molecular formula is C17H12F3N3O4. The number of carboxylic acid groups (broad SMARTS) is 2. The first-order valence-electron chi connectivity index (χ1n) is 7.29. The van der Waals surface area contributed by atoms with E-state index in [2.05, 4.69) is 9.97 Å². The van der Waals surface area contributed by atoms with Gasteiger partial charge in [0, 0.05) is 18.0 Å². The van der Waals surface area contributed by atoms with E-state index in [1.165, 1.54) is 6.20 Å². The number of aliphatic carboxylic acids is 1. The number of aromatic carboxylic acids is 1. The summed E-state index contributed by atoms with van der Waals surface area (Å²) >= 11 is 0. The molecule has 10 heteroatoms. The molecule has 0 saturated heterocycles. The van der Waals surface area contributed by atoms with E-state index in [0.29, 0.717) is 11.6 Å².